The van der Waals surface area contributed by atoms with Crippen LogP contribution in [-0.4, -0.2) is 4.57 Å². The van der Waals surface area contributed by atoms with Gasteiger partial charge in [0, 0.05) is 0 Å². The normalized spacial score (nSPS) is 10.3. The summed E-state index contributed by atoms with van der Waals surface area (Å²) >= 11 is 0. The van der Waals surface area contributed by atoms with Crippen LogP contribution in [-0.2, 0) is 6.54 Å². The molecule has 1 aromatic carbocycles. The number of hydrogen-bond donors (Lipinski definition) is 0. The summed E-state index contributed by atoms with van der Waals surface area (Å²) < 4.78 is 4.11. The summed E-state index contributed by atoms with van der Waals surface area (Å²) in [7, 11) is 0. The standard InChI is InChI=1S/C16H19N2/c1-5-16-11-17(12-18(16)6-2)10-15-8-7-13(3)14(4)9-15/h5-9,11-12H,1-2,10H2,3-4H3/q+1. The molecule has 0 radical (unpaired) electrons. The number of nitrogens with zero attached hydrogens (tertiary/aromatic N) is 2. The number of benzene rings is 1. The zero-order valence-electron chi connectivity index (χ0n) is 11.1. The lowest BCUT2D eigenvalue weighted by molar-refractivity contribution is -0.687. The molecule has 0 amide bonds. The quantitative estimate of drug-likeness (QED) is 0.725. The van der Waals surface area contributed by atoms with E-state index in [4.69, 9.17) is 0 Å². The second-order valence-corrected chi connectivity index (χ2v) is 4.55. The van der Waals surface area contributed by atoms with Crippen molar-refractivity contribution < 1.29 is 4.57 Å². The van der Waals surface area contributed by atoms with Gasteiger partial charge in [0.15, 0.2) is 5.69 Å². The molecule has 2 heteroatoms. The van der Waals surface area contributed by atoms with E-state index in [1.54, 1.807) is 6.20 Å². The Morgan fingerprint density at radius 3 is 2.56 bits per heavy atom. The van der Waals surface area contributed by atoms with Gasteiger partial charge in [0.2, 0.25) is 6.33 Å². The molecule has 1 aromatic heterocycles. The minimum absolute atomic E-state index is 0.864. The van der Waals surface area contributed by atoms with Crippen LogP contribution in [0.4, 0.5) is 0 Å². The van der Waals surface area contributed by atoms with E-state index in [1.165, 1.54) is 16.7 Å². The van der Waals surface area contributed by atoms with Crippen molar-refractivity contribution >= 4 is 12.3 Å². The maximum atomic E-state index is 3.80. The van der Waals surface area contributed by atoms with Gasteiger partial charge in [0.1, 0.15) is 12.7 Å². The van der Waals surface area contributed by atoms with Gasteiger partial charge in [-0.2, -0.15) is 0 Å². The molecule has 0 unspecified atom stereocenters. The van der Waals surface area contributed by atoms with Crippen LogP contribution in [0.5, 0.6) is 0 Å². The number of aromatic nitrogens is 2. The molecule has 0 aliphatic heterocycles. The Labute approximate surface area is 109 Å². The van der Waals surface area contributed by atoms with E-state index in [9.17, 15) is 0 Å². The highest BCUT2D eigenvalue weighted by atomic mass is 15.1. The summed E-state index contributed by atoms with van der Waals surface area (Å²) in [4.78, 5) is 0. The van der Waals surface area contributed by atoms with Crippen LogP contribution in [0.25, 0.3) is 12.3 Å². The summed E-state index contributed by atoms with van der Waals surface area (Å²) in [5.74, 6) is 0. The Morgan fingerprint density at radius 2 is 2.00 bits per heavy atom. The van der Waals surface area contributed by atoms with Crippen molar-refractivity contribution in [2.75, 3.05) is 0 Å². The topological polar surface area (TPSA) is 8.81 Å². The Morgan fingerprint density at radius 1 is 1.22 bits per heavy atom. The summed E-state index contributed by atoms with van der Waals surface area (Å²) in [6, 6.07) is 6.58. The SMILES string of the molecule is C=Cc1c[n+](Cc2ccc(C)c(C)c2)cn1C=C. The summed E-state index contributed by atoms with van der Waals surface area (Å²) in [5, 5.41) is 0. The molecule has 0 bridgehead atoms. The molecular weight excluding hydrogens is 220 g/mol. The molecule has 0 N–H and O–H groups in total. The summed E-state index contributed by atoms with van der Waals surface area (Å²) in [5.41, 5.74) is 5.02. The molecule has 0 aliphatic carbocycles. The van der Waals surface area contributed by atoms with Crippen molar-refractivity contribution in [3.8, 4) is 0 Å². The third-order valence-corrected chi connectivity index (χ3v) is 3.21. The van der Waals surface area contributed by atoms with Crippen molar-refractivity contribution in [3.63, 3.8) is 0 Å². The van der Waals surface area contributed by atoms with E-state index in [0.717, 1.165) is 12.2 Å². The third-order valence-electron chi connectivity index (χ3n) is 3.21. The van der Waals surface area contributed by atoms with E-state index in [0.29, 0.717) is 0 Å². The fourth-order valence-corrected chi connectivity index (χ4v) is 2.01. The van der Waals surface area contributed by atoms with Gasteiger partial charge in [0.25, 0.3) is 0 Å². The van der Waals surface area contributed by atoms with Crippen molar-refractivity contribution in [1.82, 2.24) is 4.57 Å². The summed E-state index contributed by atoms with van der Waals surface area (Å²) in [6.45, 7) is 12.7. The molecule has 0 atom stereocenters. The van der Waals surface area contributed by atoms with Crippen LogP contribution in [0.15, 0.2) is 43.9 Å². The molecule has 92 valence electrons. The zero-order valence-corrected chi connectivity index (χ0v) is 11.1. The van der Waals surface area contributed by atoms with Crippen molar-refractivity contribution in [1.29, 1.82) is 0 Å². The number of rotatable bonds is 4. The van der Waals surface area contributed by atoms with E-state index in [2.05, 4.69) is 56.0 Å². The lowest BCUT2D eigenvalue weighted by Crippen LogP contribution is -2.31. The van der Waals surface area contributed by atoms with Crippen LogP contribution in [0.3, 0.4) is 0 Å². The molecule has 0 saturated carbocycles. The fraction of sp³-hybridized carbons (Fsp3) is 0.188. The third kappa shape index (κ3) is 2.43. The predicted octanol–water partition coefficient (Wildman–Crippen LogP) is 3.18. The molecule has 18 heavy (non-hydrogen) atoms. The Balaban J connectivity index is 2.28. The van der Waals surface area contributed by atoms with Gasteiger partial charge < -0.3 is 0 Å². The molecule has 1 heterocycles. The molecule has 2 rings (SSSR count). The first-order valence-electron chi connectivity index (χ1n) is 6.06. The lowest BCUT2D eigenvalue weighted by atomic mass is 10.1. The van der Waals surface area contributed by atoms with Crippen LogP contribution in [0.1, 0.15) is 22.4 Å². The molecule has 0 fully saturated rings. The van der Waals surface area contributed by atoms with E-state index < -0.39 is 0 Å². The number of imidazole rings is 1. The number of aryl methyl sites for hydroxylation is 2. The van der Waals surface area contributed by atoms with Gasteiger partial charge in [-0.3, -0.25) is 0 Å². The highest BCUT2D eigenvalue weighted by Crippen LogP contribution is 2.10. The van der Waals surface area contributed by atoms with Crippen LogP contribution >= 0.6 is 0 Å². The van der Waals surface area contributed by atoms with E-state index in [1.807, 2.05) is 17.0 Å². The first kappa shape index (κ1) is 12.4. The Kier molecular flexibility index (Phi) is 3.47. The smallest absolute Gasteiger partial charge is 0.232 e. The van der Waals surface area contributed by atoms with Crippen molar-refractivity contribution in [3.05, 3.63) is 66.3 Å². The molecular formula is C16H19N2+. The van der Waals surface area contributed by atoms with Gasteiger partial charge >= 0.3 is 0 Å². The fourth-order valence-electron chi connectivity index (χ4n) is 2.01. The minimum Gasteiger partial charge on any atom is -0.232 e. The predicted molar refractivity (Wildman–Crippen MR) is 76.1 cm³/mol. The largest absolute Gasteiger partial charge is 0.249 e. The first-order chi connectivity index (χ1) is 8.63. The average molecular weight is 239 g/mol. The molecule has 0 spiro atoms. The zero-order chi connectivity index (χ0) is 13.1. The highest BCUT2D eigenvalue weighted by molar-refractivity contribution is 5.43. The highest BCUT2D eigenvalue weighted by Gasteiger charge is 2.09. The van der Waals surface area contributed by atoms with E-state index >= 15 is 0 Å². The van der Waals surface area contributed by atoms with Crippen LogP contribution in [0.2, 0.25) is 0 Å². The van der Waals surface area contributed by atoms with E-state index in [-0.39, 0.29) is 0 Å². The Hall–Kier alpha value is -2.09. The van der Waals surface area contributed by atoms with Gasteiger partial charge in [-0.25, -0.2) is 9.13 Å². The molecule has 2 aromatic rings. The maximum Gasteiger partial charge on any atom is 0.249 e. The summed E-state index contributed by atoms with van der Waals surface area (Å²) in [6.07, 6.45) is 7.72. The molecule has 2 nitrogen and oxygen atoms in total. The van der Waals surface area contributed by atoms with Crippen LogP contribution in [0, 0.1) is 13.8 Å². The molecule has 0 aliphatic rings. The van der Waals surface area contributed by atoms with Crippen LogP contribution < -0.4 is 4.57 Å². The van der Waals surface area contributed by atoms with Gasteiger partial charge in [0.05, 0.1) is 6.20 Å². The first-order valence-corrected chi connectivity index (χ1v) is 6.06. The average Bonchev–Trinajstić information content (AvgIpc) is 2.76. The van der Waals surface area contributed by atoms with Gasteiger partial charge in [-0.1, -0.05) is 31.4 Å². The van der Waals surface area contributed by atoms with Gasteiger partial charge in [-0.15, -0.1) is 0 Å². The molecule has 0 saturated heterocycles. The van der Waals surface area contributed by atoms with Crippen molar-refractivity contribution in [2.24, 2.45) is 0 Å². The van der Waals surface area contributed by atoms with Crippen molar-refractivity contribution in [2.45, 2.75) is 20.4 Å². The second-order valence-electron chi connectivity index (χ2n) is 4.55. The Bertz CT molecular complexity index is 566. The van der Waals surface area contributed by atoms with Gasteiger partial charge in [-0.05, 0) is 36.6 Å². The lowest BCUT2D eigenvalue weighted by Gasteiger charge is -2.02. The monoisotopic (exact) mass is 239 g/mol. The number of hydrogen-bond acceptors (Lipinski definition) is 0. The second kappa shape index (κ2) is 5.05. The maximum absolute atomic E-state index is 3.80. The minimum atomic E-state index is 0.864.